The molecule has 0 bridgehead atoms. The van der Waals surface area contributed by atoms with Gasteiger partial charge < -0.3 is 5.32 Å². The van der Waals surface area contributed by atoms with Gasteiger partial charge in [-0.25, -0.2) is 13.6 Å². The minimum atomic E-state index is -3.77. The second kappa shape index (κ2) is 6.78. The number of halogens is 1. The van der Waals surface area contributed by atoms with Gasteiger partial charge in [-0.15, -0.1) is 0 Å². The van der Waals surface area contributed by atoms with Crippen LogP contribution in [0.3, 0.4) is 0 Å². The number of hydrogen-bond acceptors (Lipinski definition) is 3. The summed E-state index contributed by atoms with van der Waals surface area (Å²) in [4.78, 5) is 0.0760. The second-order valence-electron chi connectivity index (χ2n) is 5.37. The van der Waals surface area contributed by atoms with Crippen LogP contribution in [-0.4, -0.2) is 14.5 Å². The number of nitrogens with one attached hydrogen (secondary N) is 1. The monoisotopic (exact) mass is 316 g/mol. The normalized spacial score (nSPS) is 18.3. The van der Waals surface area contributed by atoms with Crippen LogP contribution in [0.2, 0.25) is 5.02 Å². The number of primary sulfonamides is 1. The smallest absolute Gasteiger partial charge is 0.240 e. The van der Waals surface area contributed by atoms with Gasteiger partial charge in [0.05, 0.1) is 5.69 Å². The molecule has 4 nitrogen and oxygen atoms in total. The van der Waals surface area contributed by atoms with E-state index in [4.69, 9.17) is 16.7 Å². The molecule has 1 aromatic rings. The maximum Gasteiger partial charge on any atom is 0.240 e. The zero-order valence-corrected chi connectivity index (χ0v) is 13.0. The highest BCUT2D eigenvalue weighted by Gasteiger charge is 2.18. The molecule has 2 rings (SSSR count). The molecule has 112 valence electrons. The summed E-state index contributed by atoms with van der Waals surface area (Å²) in [6.45, 7) is 0. The van der Waals surface area contributed by atoms with Crippen molar-refractivity contribution in [2.75, 3.05) is 5.32 Å². The van der Waals surface area contributed by atoms with E-state index in [1.165, 1.54) is 38.2 Å². The zero-order valence-electron chi connectivity index (χ0n) is 11.4. The van der Waals surface area contributed by atoms with E-state index >= 15 is 0 Å². The first kappa shape index (κ1) is 15.6. The molecule has 3 N–H and O–H groups in total. The van der Waals surface area contributed by atoms with Crippen LogP contribution in [0, 0.1) is 0 Å². The summed E-state index contributed by atoms with van der Waals surface area (Å²) in [6.07, 6.45) is 8.28. The molecule has 0 radical (unpaired) electrons. The van der Waals surface area contributed by atoms with E-state index in [-0.39, 0.29) is 4.90 Å². The number of hydrogen-bond donors (Lipinski definition) is 2. The molecule has 0 atom stereocenters. The maximum atomic E-state index is 11.6. The molecule has 0 heterocycles. The van der Waals surface area contributed by atoms with Gasteiger partial charge in [0.1, 0.15) is 4.90 Å². The van der Waals surface area contributed by atoms with Gasteiger partial charge in [0.2, 0.25) is 10.0 Å². The lowest BCUT2D eigenvalue weighted by molar-refractivity contribution is 0.471. The Balaban J connectivity index is 2.19. The Morgan fingerprint density at radius 3 is 2.30 bits per heavy atom. The molecule has 0 amide bonds. The van der Waals surface area contributed by atoms with Crippen molar-refractivity contribution >= 4 is 27.3 Å². The molecule has 1 fully saturated rings. The van der Waals surface area contributed by atoms with Crippen LogP contribution < -0.4 is 10.5 Å². The number of anilines is 1. The van der Waals surface area contributed by atoms with E-state index in [0.717, 1.165) is 12.8 Å². The van der Waals surface area contributed by atoms with Crippen molar-refractivity contribution in [2.45, 2.75) is 55.9 Å². The summed E-state index contributed by atoms with van der Waals surface area (Å²) < 4.78 is 23.3. The third-order valence-corrected chi connectivity index (χ3v) is 4.90. The predicted octanol–water partition coefficient (Wildman–Crippen LogP) is 3.51. The Kier molecular flexibility index (Phi) is 5.29. The largest absolute Gasteiger partial charge is 0.381 e. The second-order valence-corrected chi connectivity index (χ2v) is 7.34. The van der Waals surface area contributed by atoms with Crippen LogP contribution in [0.4, 0.5) is 5.69 Å². The maximum absolute atomic E-state index is 11.6. The van der Waals surface area contributed by atoms with Gasteiger partial charge in [-0.2, -0.15) is 0 Å². The van der Waals surface area contributed by atoms with Crippen molar-refractivity contribution in [3.05, 3.63) is 23.2 Å². The van der Waals surface area contributed by atoms with Gasteiger partial charge in [-0.3, -0.25) is 0 Å². The fourth-order valence-corrected chi connectivity index (χ4v) is 3.63. The minimum Gasteiger partial charge on any atom is -0.381 e. The highest BCUT2D eigenvalue weighted by molar-refractivity contribution is 7.89. The van der Waals surface area contributed by atoms with E-state index in [2.05, 4.69) is 5.32 Å². The number of sulfonamides is 1. The first-order valence-corrected chi connectivity index (χ1v) is 8.98. The van der Waals surface area contributed by atoms with Gasteiger partial charge in [-0.1, -0.05) is 43.7 Å². The van der Waals surface area contributed by atoms with E-state index in [1.54, 1.807) is 12.1 Å². The van der Waals surface area contributed by atoms with Crippen molar-refractivity contribution in [2.24, 2.45) is 5.14 Å². The lowest BCUT2D eigenvalue weighted by Crippen LogP contribution is -2.23. The van der Waals surface area contributed by atoms with Crippen molar-refractivity contribution < 1.29 is 8.42 Å². The number of benzene rings is 1. The van der Waals surface area contributed by atoms with Crippen LogP contribution in [0.15, 0.2) is 23.1 Å². The van der Waals surface area contributed by atoms with Crippen molar-refractivity contribution in [1.29, 1.82) is 0 Å². The molecular weight excluding hydrogens is 296 g/mol. The first-order valence-electron chi connectivity index (χ1n) is 7.06. The highest BCUT2D eigenvalue weighted by atomic mass is 35.5. The fourth-order valence-electron chi connectivity index (χ4n) is 2.67. The summed E-state index contributed by atoms with van der Waals surface area (Å²) in [6, 6.07) is 5.08. The zero-order chi connectivity index (χ0) is 14.6. The van der Waals surface area contributed by atoms with Crippen molar-refractivity contribution in [1.82, 2.24) is 0 Å². The standard InChI is InChI=1S/C14H21ClN2O2S/c15-11-8-9-13(14(10-11)20(16,18)19)17-12-6-4-2-1-3-5-7-12/h8-10,12,17H,1-7H2,(H2,16,18,19). The molecule has 0 unspecified atom stereocenters. The average molecular weight is 317 g/mol. The Hall–Kier alpha value is -0.780. The Labute approximate surface area is 125 Å². The first-order chi connectivity index (χ1) is 9.47. The van der Waals surface area contributed by atoms with Gasteiger partial charge >= 0.3 is 0 Å². The third kappa shape index (κ3) is 4.36. The molecular formula is C14H21ClN2O2S. The molecule has 6 heteroatoms. The summed E-state index contributed by atoms with van der Waals surface area (Å²) in [5, 5.41) is 8.97. The van der Waals surface area contributed by atoms with Crippen LogP contribution in [-0.2, 0) is 10.0 Å². The molecule has 1 aromatic carbocycles. The van der Waals surface area contributed by atoms with Crippen LogP contribution in [0.1, 0.15) is 44.9 Å². The van der Waals surface area contributed by atoms with Crippen LogP contribution in [0.25, 0.3) is 0 Å². The summed E-state index contributed by atoms with van der Waals surface area (Å²) in [7, 11) is -3.77. The summed E-state index contributed by atoms with van der Waals surface area (Å²) >= 11 is 5.87. The lowest BCUT2D eigenvalue weighted by atomic mass is 9.96. The SMILES string of the molecule is NS(=O)(=O)c1cc(Cl)ccc1NC1CCCCCCC1. The van der Waals surface area contributed by atoms with E-state index in [0.29, 0.717) is 16.8 Å². The molecule has 1 aliphatic rings. The Bertz CT molecular complexity index is 552. The highest BCUT2D eigenvalue weighted by Crippen LogP contribution is 2.27. The Morgan fingerprint density at radius 1 is 1.10 bits per heavy atom. The number of rotatable bonds is 3. The molecule has 0 spiro atoms. The topological polar surface area (TPSA) is 72.2 Å². The molecule has 0 saturated heterocycles. The summed E-state index contributed by atoms with van der Waals surface area (Å²) in [5.74, 6) is 0. The fraction of sp³-hybridized carbons (Fsp3) is 0.571. The minimum absolute atomic E-state index is 0.0760. The number of nitrogens with two attached hydrogens (primary N) is 1. The average Bonchev–Trinajstić information content (AvgIpc) is 2.33. The van der Waals surface area contributed by atoms with Gasteiger partial charge in [-0.05, 0) is 31.0 Å². The Morgan fingerprint density at radius 2 is 1.70 bits per heavy atom. The van der Waals surface area contributed by atoms with Gasteiger partial charge in [0.15, 0.2) is 0 Å². The molecule has 0 aromatic heterocycles. The molecule has 1 aliphatic carbocycles. The van der Waals surface area contributed by atoms with E-state index in [9.17, 15) is 8.42 Å². The van der Waals surface area contributed by atoms with Gasteiger partial charge in [0, 0.05) is 11.1 Å². The molecule has 20 heavy (non-hydrogen) atoms. The predicted molar refractivity (Wildman–Crippen MR) is 82.6 cm³/mol. The summed E-state index contributed by atoms with van der Waals surface area (Å²) in [5.41, 5.74) is 0.558. The molecule has 0 aliphatic heterocycles. The lowest BCUT2D eigenvalue weighted by Gasteiger charge is -2.23. The van der Waals surface area contributed by atoms with Gasteiger partial charge in [0.25, 0.3) is 0 Å². The van der Waals surface area contributed by atoms with Crippen LogP contribution >= 0.6 is 11.6 Å². The van der Waals surface area contributed by atoms with E-state index < -0.39 is 10.0 Å². The van der Waals surface area contributed by atoms with Crippen LogP contribution in [0.5, 0.6) is 0 Å². The van der Waals surface area contributed by atoms with Crippen molar-refractivity contribution in [3.8, 4) is 0 Å². The van der Waals surface area contributed by atoms with Crippen molar-refractivity contribution in [3.63, 3.8) is 0 Å². The third-order valence-electron chi connectivity index (χ3n) is 3.71. The quantitative estimate of drug-likeness (QED) is 0.896. The molecule has 1 saturated carbocycles. The van der Waals surface area contributed by atoms with E-state index in [1.807, 2.05) is 0 Å².